The summed E-state index contributed by atoms with van der Waals surface area (Å²) in [6.07, 6.45) is 1.53. The zero-order chi connectivity index (χ0) is 19.1. The Morgan fingerprint density at radius 1 is 1.11 bits per heavy atom. The first-order chi connectivity index (χ1) is 13.0. The SMILES string of the molecule is CC1=NN(C)c2nc3c(c(=O)n(CCCc4ccccc4)c(=O)n3C)n2C1. The molecule has 0 saturated carbocycles. The molecule has 0 bridgehead atoms. The van der Waals surface area contributed by atoms with E-state index < -0.39 is 0 Å². The number of imidazole rings is 1. The van der Waals surface area contributed by atoms with Gasteiger partial charge in [0.05, 0.1) is 12.3 Å². The van der Waals surface area contributed by atoms with Gasteiger partial charge in [0.15, 0.2) is 11.2 Å². The molecule has 0 saturated heterocycles. The average molecular weight is 366 g/mol. The first-order valence-electron chi connectivity index (χ1n) is 8.99. The Kier molecular flexibility index (Phi) is 4.18. The maximum atomic E-state index is 13.1. The van der Waals surface area contributed by atoms with Crippen molar-refractivity contribution in [2.24, 2.45) is 12.1 Å². The highest BCUT2D eigenvalue weighted by molar-refractivity contribution is 5.87. The number of rotatable bonds is 4. The van der Waals surface area contributed by atoms with Crippen molar-refractivity contribution in [2.45, 2.75) is 32.9 Å². The second kappa shape index (κ2) is 6.53. The molecule has 27 heavy (non-hydrogen) atoms. The van der Waals surface area contributed by atoms with Crippen molar-refractivity contribution >= 4 is 22.8 Å². The van der Waals surface area contributed by atoms with Crippen LogP contribution in [0.4, 0.5) is 5.95 Å². The van der Waals surface area contributed by atoms with Crippen molar-refractivity contribution in [3.05, 3.63) is 56.7 Å². The summed E-state index contributed by atoms with van der Waals surface area (Å²) in [5, 5.41) is 6.02. The van der Waals surface area contributed by atoms with E-state index in [1.807, 2.05) is 29.7 Å². The molecule has 3 heterocycles. The van der Waals surface area contributed by atoms with Gasteiger partial charge in [0.25, 0.3) is 5.56 Å². The maximum absolute atomic E-state index is 13.1. The molecule has 4 rings (SSSR count). The number of hydrazone groups is 1. The minimum atomic E-state index is -0.337. The van der Waals surface area contributed by atoms with Gasteiger partial charge in [-0.25, -0.2) is 9.80 Å². The van der Waals surface area contributed by atoms with Gasteiger partial charge in [0.2, 0.25) is 5.95 Å². The monoisotopic (exact) mass is 366 g/mol. The number of fused-ring (bicyclic) bond motifs is 3. The van der Waals surface area contributed by atoms with E-state index in [1.165, 1.54) is 14.7 Å². The van der Waals surface area contributed by atoms with Crippen LogP contribution < -0.4 is 16.3 Å². The third-order valence-corrected chi connectivity index (χ3v) is 4.90. The Balaban J connectivity index is 1.75. The molecule has 0 amide bonds. The zero-order valence-electron chi connectivity index (χ0n) is 15.7. The second-order valence-electron chi connectivity index (χ2n) is 6.92. The Morgan fingerprint density at radius 2 is 1.85 bits per heavy atom. The van der Waals surface area contributed by atoms with Crippen molar-refractivity contribution < 1.29 is 0 Å². The Bertz CT molecular complexity index is 1150. The van der Waals surface area contributed by atoms with E-state index in [1.54, 1.807) is 19.1 Å². The van der Waals surface area contributed by atoms with Gasteiger partial charge >= 0.3 is 5.69 Å². The van der Waals surface area contributed by atoms with E-state index in [0.29, 0.717) is 36.6 Å². The van der Waals surface area contributed by atoms with Crippen molar-refractivity contribution in [1.29, 1.82) is 0 Å². The van der Waals surface area contributed by atoms with Gasteiger partial charge in [-0.2, -0.15) is 10.1 Å². The summed E-state index contributed by atoms with van der Waals surface area (Å²) >= 11 is 0. The molecule has 1 aromatic carbocycles. The molecule has 140 valence electrons. The highest BCUT2D eigenvalue weighted by Gasteiger charge is 2.24. The van der Waals surface area contributed by atoms with Crippen LogP contribution in [0, 0.1) is 0 Å². The largest absolute Gasteiger partial charge is 0.332 e. The van der Waals surface area contributed by atoms with Gasteiger partial charge in [-0.05, 0) is 25.3 Å². The lowest BCUT2D eigenvalue weighted by Gasteiger charge is -2.20. The van der Waals surface area contributed by atoms with Crippen LogP contribution in [0.15, 0.2) is 45.0 Å². The van der Waals surface area contributed by atoms with Crippen molar-refractivity contribution in [2.75, 3.05) is 12.1 Å². The fourth-order valence-electron chi connectivity index (χ4n) is 3.60. The minimum absolute atomic E-state index is 0.289. The Hall–Kier alpha value is -3.16. The number of nitrogens with zero attached hydrogens (tertiary/aromatic N) is 6. The molecule has 0 N–H and O–H groups in total. The van der Waals surface area contributed by atoms with E-state index in [9.17, 15) is 9.59 Å². The summed E-state index contributed by atoms with van der Waals surface area (Å²) in [4.78, 5) is 30.4. The lowest BCUT2D eigenvalue weighted by Crippen LogP contribution is -2.40. The molecule has 8 heteroatoms. The van der Waals surface area contributed by atoms with E-state index in [-0.39, 0.29) is 11.2 Å². The van der Waals surface area contributed by atoms with Gasteiger partial charge in [0.1, 0.15) is 0 Å². The van der Waals surface area contributed by atoms with Gasteiger partial charge in [-0.1, -0.05) is 30.3 Å². The summed E-state index contributed by atoms with van der Waals surface area (Å²) in [5.74, 6) is 0.574. The van der Waals surface area contributed by atoms with Crippen LogP contribution in [-0.2, 0) is 26.6 Å². The quantitative estimate of drug-likeness (QED) is 0.698. The molecule has 0 spiro atoms. The third kappa shape index (κ3) is 2.87. The lowest BCUT2D eigenvalue weighted by atomic mass is 10.1. The summed E-state index contributed by atoms with van der Waals surface area (Å²) in [6.45, 7) is 2.78. The van der Waals surface area contributed by atoms with Crippen molar-refractivity contribution in [3.63, 3.8) is 0 Å². The molecule has 2 aromatic heterocycles. The van der Waals surface area contributed by atoms with Crippen LogP contribution in [0.1, 0.15) is 18.9 Å². The molecular weight excluding hydrogens is 344 g/mol. The molecule has 1 aliphatic heterocycles. The summed E-state index contributed by atoms with van der Waals surface area (Å²) in [5.41, 5.74) is 2.30. The van der Waals surface area contributed by atoms with Crippen LogP contribution in [0.3, 0.4) is 0 Å². The fourth-order valence-corrected chi connectivity index (χ4v) is 3.60. The molecule has 0 aliphatic carbocycles. The van der Waals surface area contributed by atoms with Crippen LogP contribution in [0.2, 0.25) is 0 Å². The van der Waals surface area contributed by atoms with Crippen LogP contribution in [0.25, 0.3) is 11.2 Å². The number of anilines is 1. The summed E-state index contributed by atoms with van der Waals surface area (Å²) < 4.78 is 4.61. The molecule has 1 aliphatic rings. The molecule has 3 aromatic rings. The number of aromatic nitrogens is 4. The predicted molar refractivity (Wildman–Crippen MR) is 106 cm³/mol. The number of benzene rings is 1. The Morgan fingerprint density at radius 3 is 2.59 bits per heavy atom. The number of aryl methyl sites for hydroxylation is 2. The molecular formula is C19H22N6O2. The molecule has 0 unspecified atom stereocenters. The predicted octanol–water partition coefficient (Wildman–Crippen LogP) is 1.36. The average Bonchev–Trinajstić information content (AvgIpc) is 3.03. The lowest BCUT2D eigenvalue weighted by molar-refractivity contribution is 0.571. The van der Waals surface area contributed by atoms with E-state index in [4.69, 9.17) is 0 Å². The van der Waals surface area contributed by atoms with Gasteiger partial charge in [-0.15, -0.1) is 0 Å². The van der Waals surface area contributed by atoms with E-state index in [2.05, 4.69) is 22.2 Å². The standard InChI is InChI=1S/C19H22N6O2/c1-13-12-25-15-16(20-18(25)23(3)21-13)22(2)19(27)24(17(15)26)11-7-10-14-8-5-4-6-9-14/h4-6,8-9H,7,10-12H2,1-3H3. The second-order valence-corrected chi connectivity index (χ2v) is 6.92. The van der Waals surface area contributed by atoms with Crippen LogP contribution in [0.5, 0.6) is 0 Å². The van der Waals surface area contributed by atoms with E-state index in [0.717, 1.165) is 12.1 Å². The molecule has 0 atom stereocenters. The van der Waals surface area contributed by atoms with Crippen LogP contribution >= 0.6 is 0 Å². The van der Waals surface area contributed by atoms with Gasteiger partial charge in [-0.3, -0.25) is 18.5 Å². The summed E-state index contributed by atoms with van der Waals surface area (Å²) in [6, 6.07) is 10.1. The van der Waals surface area contributed by atoms with Gasteiger partial charge < -0.3 is 0 Å². The van der Waals surface area contributed by atoms with Crippen LogP contribution in [-0.4, -0.2) is 31.4 Å². The fraction of sp³-hybridized carbons (Fsp3) is 0.368. The van der Waals surface area contributed by atoms with E-state index >= 15 is 0 Å². The zero-order valence-corrected chi connectivity index (χ0v) is 15.7. The first-order valence-corrected chi connectivity index (χ1v) is 8.99. The first kappa shape index (κ1) is 17.3. The maximum Gasteiger partial charge on any atom is 0.332 e. The minimum Gasteiger partial charge on any atom is -0.297 e. The van der Waals surface area contributed by atoms with Gasteiger partial charge in [0, 0.05) is 20.6 Å². The molecule has 0 fully saturated rings. The molecule has 8 nitrogen and oxygen atoms in total. The Labute approximate surface area is 156 Å². The van der Waals surface area contributed by atoms with Crippen molar-refractivity contribution in [1.82, 2.24) is 18.7 Å². The number of hydrogen-bond donors (Lipinski definition) is 0. The highest BCUT2D eigenvalue weighted by Crippen LogP contribution is 2.22. The third-order valence-electron chi connectivity index (χ3n) is 4.90. The smallest absolute Gasteiger partial charge is 0.297 e. The normalized spacial score (nSPS) is 13.7. The molecule has 0 radical (unpaired) electrons. The van der Waals surface area contributed by atoms with Crippen molar-refractivity contribution in [3.8, 4) is 0 Å². The topological polar surface area (TPSA) is 77.4 Å². The number of hydrogen-bond acceptors (Lipinski definition) is 5. The highest BCUT2D eigenvalue weighted by atomic mass is 16.2. The summed E-state index contributed by atoms with van der Waals surface area (Å²) in [7, 11) is 3.45.